The van der Waals surface area contributed by atoms with Crippen LogP contribution in [0.1, 0.15) is 12.6 Å². The quantitative estimate of drug-likeness (QED) is 0.692. The van der Waals surface area contributed by atoms with Crippen molar-refractivity contribution in [3.05, 3.63) is 18.0 Å². The van der Waals surface area contributed by atoms with Gasteiger partial charge in [-0.2, -0.15) is 13.9 Å². The molecule has 0 unspecified atom stereocenters. The van der Waals surface area contributed by atoms with Crippen LogP contribution in [-0.4, -0.2) is 22.4 Å². The molecule has 0 fully saturated rings. The SMILES string of the molecule is CCOC(=O)C(F)(F)c1ccnn1C. The number of nitrogens with zero attached hydrogens (tertiary/aromatic N) is 2. The first kappa shape index (κ1) is 10.6. The number of carbonyl (C=O) groups is 1. The number of rotatable bonds is 3. The lowest BCUT2D eigenvalue weighted by atomic mass is 10.2. The second kappa shape index (κ2) is 3.73. The Hall–Kier alpha value is -1.46. The summed E-state index contributed by atoms with van der Waals surface area (Å²) in [4.78, 5) is 10.9. The Morgan fingerprint density at radius 2 is 2.36 bits per heavy atom. The third kappa shape index (κ3) is 1.73. The summed E-state index contributed by atoms with van der Waals surface area (Å²) in [6, 6.07) is 1.08. The predicted octanol–water partition coefficient (Wildman–Crippen LogP) is 1.08. The van der Waals surface area contributed by atoms with Crippen molar-refractivity contribution in [3.63, 3.8) is 0 Å². The molecule has 0 amide bonds. The number of ether oxygens (including phenoxy) is 1. The molecule has 0 aliphatic rings. The van der Waals surface area contributed by atoms with Crippen molar-refractivity contribution < 1.29 is 18.3 Å². The number of hydrogen-bond donors (Lipinski definition) is 0. The Morgan fingerprint density at radius 1 is 1.71 bits per heavy atom. The third-order valence-electron chi connectivity index (χ3n) is 1.67. The van der Waals surface area contributed by atoms with E-state index in [4.69, 9.17) is 0 Å². The highest BCUT2D eigenvalue weighted by Gasteiger charge is 2.45. The minimum absolute atomic E-state index is 0.0771. The monoisotopic (exact) mass is 204 g/mol. The average Bonchev–Trinajstić information content (AvgIpc) is 2.52. The van der Waals surface area contributed by atoms with Crippen molar-refractivity contribution in [1.29, 1.82) is 0 Å². The predicted molar refractivity (Wildman–Crippen MR) is 43.7 cm³/mol. The van der Waals surface area contributed by atoms with Gasteiger partial charge in [-0.3, -0.25) is 4.68 Å². The highest BCUT2D eigenvalue weighted by atomic mass is 19.3. The summed E-state index contributed by atoms with van der Waals surface area (Å²) in [5, 5.41) is 3.55. The lowest BCUT2D eigenvalue weighted by molar-refractivity contribution is -0.174. The van der Waals surface area contributed by atoms with E-state index in [-0.39, 0.29) is 6.61 Å². The summed E-state index contributed by atoms with van der Waals surface area (Å²) in [7, 11) is 1.34. The molecule has 0 saturated heterocycles. The van der Waals surface area contributed by atoms with Crippen molar-refractivity contribution in [2.45, 2.75) is 12.8 Å². The number of aromatic nitrogens is 2. The standard InChI is InChI=1S/C8H10F2N2O2/c1-3-14-7(13)8(9,10)6-4-5-11-12(6)2/h4-5H,3H2,1-2H3. The van der Waals surface area contributed by atoms with E-state index < -0.39 is 17.6 Å². The van der Waals surface area contributed by atoms with E-state index in [2.05, 4.69) is 9.84 Å². The highest BCUT2D eigenvalue weighted by Crippen LogP contribution is 2.28. The second-order valence-electron chi connectivity index (χ2n) is 2.63. The van der Waals surface area contributed by atoms with Crippen LogP contribution in [0.4, 0.5) is 8.78 Å². The average molecular weight is 204 g/mol. The van der Waals surface area contributed by atoms with Crippen molar-refractivity contribution in [2.75, 3.05) is 6.61 Å². The van der Waals surface area contributed by atoms with Crippen LogP contribution >= 0.6 is 0 Å². The van der Waals surface area contributed by atoms with Crippen molar-refractivity contribution in [3.8, 4) is 0 Å². The fraction of sp³-hybridized carbons (Fsp3) is 0.500. The maximum atomic E-state index is 13.3. The van der Waals surface area contributed by atoms with Gasteiger partial charge in [0, 0.05) is 13.2 Å². The van der Waals surface area contributed by atoms with E-state index in [0.29, 0.717) is 0 Å². The minimum Gasteiger partial charge on any atom is -0.461 e. The largest absolute Gasteiger partial charge is 0.461 e. The van der Waals surface area contributed by atoms with Crippen LogP contribution in [0.2, 0.25) is 0 Å². The Morgan fingerprint density at radius 3 is 2.79 bits per heavy atom. The molecular formula is C8H10F2N2O2. The summed E-state index contributed by atoms with van der Waals surface area (Å²) in [6.45, 7) is 1.39. The maximum Gasteiger partial charge on any atom is 0.384 e. The van der Waals surface area contributed by atoms with Gasteiger partial charge >= 0.3 is 11.9 Å². The molecule has 0 radical (unpaired) electrons. The third-order valence-corrected chi connectivity index (χ3v) is 1.67. The first-order valence-electron chi connectivity index (χ1n) is 4.03. The molecule has 1 aromatic rings. The molecule has 0 aliphatic heterocycles. The van der Waals surface area contributed by atoms with Gasteiger partial charge in [0.25, 0.3) is 0 Å². The molecule has 14 heavy (non-hydrogen) atoms. The molecule has 0 saturated carbocycles. The van der Waals surface area contributed by atoms with E-state index in [1.165, 1.54) is 20.2 Å². The Balaban J connectivity index is 2.95. The molecule has 1 heterocycles. The zero-order valence-electron chi connectivity index (χ0n) is 7.83. The molecule has 4 nitrogen and oxygen atoms in total. The van der Waals surface area contributed by atoms with Gasteiger partial charge in [0.1, 0.15) is 5.69 Å². The molecule has 0 atom stereocenters. The van der Waals surface area contributed by atoms with E-state index in [0.717, 1.165) is 10.7 Å². The Kier molecular flexibility index (Phi) is 2.83. The number of halogens is 2. The normalized spacial score (nSPS) is 11.4. The topological polar surface area (TPSA) is 44.1 Å². The van der Waals surface area contributed by atoms with Crippen LogP contribution in [0.15, 0.2) is 12.3 Å². The molecule has 0 N–H and O–H groups in total. The van der Waals surface area contributed by atoms with Crippen molar-refractivity contribution in [1.82, 2.24) is 9.78 Å². The van der Waals surface area contributed by atoms with Crippen LogP contribution in [0.25, 0.3) is 0 Å². The second-order valence-corrected chi connectivity index (χ2v) is 2.63. The number of alkyl halides is 2. The first-order chi connectivity index (χ1) is 6.50. The number of esters is 1. The van der Waals surface area contributed by atoms with Gasteiger partial charge in [-0.05, 0) is 13.0 Å². The number of aryl methyl sites for hydroxylation is 1. The molecule has 6 heteroatoms. The molecule has 0 bridgehead atoms. The molecule has 0 aromatic carbocycles. The highest BCUT2D eigenvalue weighted by molar-refractivity contribution is 5.78. The zero-order valence-corrected chi connectivity index (χ0v) is 7.83. The fourth-order valence-corrected chi connectivity index (χ4v) is 1.01. The van der Waals surface area contributed by atoms with Gasteiger partial charge in [-0.25, -0.2) is 4.79 Å². The molecular weight excluding hydrogens is 194 g/mol. The van der Waals surface area contributed by atoms with Gasteiger partial charge < -0.3 is 4.74 Å². The maximum absolute atomic E-state index is 13.3. The van der Waals surface area contributed by atoms with Gasteiger partial charge in [-0.15, -0.1) is 0 Å². The number of hydrogen-bond acceptors (Lipinski definition) is 3. The summed E-state index contributed by atoms with van der Waals surface area (Å²) in [6.07, 6.45) is 1.20. The molecule has 0 aliphatic carbocycles. The molecule has 0 spiro atoms. The summed E-state index contributed by atoms with van der Waals surface area (Å²) >= 11 is 0. The van der Waals surface area contributed by atoms with Crippen LogP contribution in [0.3, 0.4) is 0 Å². The van der Waals surface area contributed by atoms with E-state index in [1.807, 2.05) is 0 Å². The van der Waals surface area contributed by atoms with Crippen LogP contribution < -0.4 is 0 Å². The van der Waals surface area contributed by atoms with E-state index >= 15 is 0 Å². The summed E-state index contributed by atoms with van der Waals surface area (Å²) < 4.78 is 31.8. The van der Waals surface area contributed by atoms with E-state index in [9.17, 15) is 13.6 Å². The summed E-state index contributed by atoms with van der Waals surface area (Å²) in [5.74, 6) is -5.19. The lowest BCUT2D eigenvalue weighted by Gasteiger charge is -2.14. The first-order valence-corrected chi connectivity index (χ1v) is 4.03. The number of carbonyl (C=O) groups excluding carboxylic acids is 1. The zero-order chi connectivity index (χ0) is 10.8. The van der Waals surface area contributed by atoms with E-state index in [1.54, 1.807) is 0 Å². The van der Waals surface area contributed by atoms with Crippen LogP contribution in [0, 0.1) is 0 Å². The fourth-order valence-electron chi connectivity index (χ4n) is 1.01. The van der Waals surface area contributed by atoms with Crippen molar-refractivity contribution in [2.24, 2.45) is 7.05 Å². The van der Waals surface area contributed by atoms with Gasteiger partial charge in [0.05, 0.1) is 6.61 Å². The van der Waals surface area contributed by atoms with Crippen LogP contribution in [-0.2, 0) is 22.5 Å². The lowest BCUT2D eigenvalue weighted by Crippen LogP contribution is -2.30. The molecule has 1 aromatic heterocycles. The summed E-state index contributed by atoms with van der Waals surface area (Å²) in [5.41, 5.74) is -0.476. The molecule has 78 valence electrons. The Labute approximate surface area is 79.5 Å². The van der Waals surface area contributed by atoms with Crippen molar-refractivity contribution >= 4 is 5.97 Å². The smallest absolute Gasteiger partial charge is 0.384 e. The van der Waals surface area contributed by atoms with Gasteiger partial charge in [0.15, 0.2) is 0 Å². The molecule has 1 rings (SSSR count). The Bertz CT molecular complexity index is 336. The van der Waals surface area contributed by atoms with Crippen LogP contribution in [0.5, 0.6) is 0 Å². The van der Waals surface area contributed by atoms with Gasteiger partial charge in [-0.1, -0.05) is 0 Å². The minimum atomic E-state index is -3.64. The van der Waals surface area contributed by atoms with Gasteiger partial charge in [0.2, 0.25) is 0 Å².